The molecule has 0 fully saturated rings. The number of aromatic amines is 1. The van der Waals surface area contributed by atoms with E-state index in [9.17, 15) is 9.59 Å². The largest absolute Gasteiger partial charge is 0.383 e. The molecule has 1 aromatic heterocycles. The first-order valence-electron chi connectivity index (χ1n) is 4.59. The minimum absolute atomic E-state index is 0.0651. The number of aromatic nitrogens is 1. The van der Waals surface area contributed by atoms with Gasteiger partial charge in [0.05, 0.1) is 5.69 Å². The molecule has 1 rings (SSSR count). The Morgan fingerprint density at radius 1 is 1.40 bits per heavy atom. The van der Waals surface area contributed by atoms with E-state index in [1.807, 2.05) is 19.0 Å². The Morgan fingerprint density at radius 2 is 2.07 bits per heavy atom. The molecular formula is C11H14N2O2. The van der Waals surface area contributed by atoms with Gasteiger partial charge in [0, 0.05) is 31.9 Å². The summed E-state index contributed by atoms with van der Waals surface area (Å²) in [7, 11) is 3.73. The topological polar surface area (TPSA) is 53.2 Å². The molecule has 0 aliphatic rings. The van der Waals surface area contributed by atoms with Gasteiger partial charge in [-0.2, -0.15) is 0 Å². The second-order valence-corrected chi connectivity index (χ2v) is 3.49. The first-order valence-corrected chi connectivity index (χ1v) is 4.59. The summed E-state index contributed by atoms with van der Waals surface area (Å²) in [4.78, 5) is 26.8. The van der Waals surface area contributed by atoms with Crippen molar-refractivity contribution in [2.45, 2.75) is 6.92 Å². The van der Waals surface area contributed by atoms with Crippen molar-refractivity contribution in [3.05, 3.63) is 39.9 Å². The lowest BCUT2D eigenvalue weighted by Gasteiger charge is -2.05. The second kappa shape index (κ2) is 4.59. The zero-order valence-electron chi connectivity index (χ0n) is 9.07. The van der Waals surface area contributed by atoms with Crippen LogP contribution in [-0.2, 0) is 0 Å². The van der Waals surface area contributed by atoms with E-state index in [0.29, 0.717) is 11.3 Å². The second-order valence-electron chi connectivity index (χ2n) is 3.49. The summed E-state index contributed by atoms with van der Waals surface area (Å²) in [5, 5.41) is 0. The molecule has 0 atom stereocenters. The molecule has 15 heavy (non-hydrogen) atoms. The Hall–Kier alpha value is -1.84. The molecule has 0 unspecified atom stereocenters. The van der Waals surface area contributed by atoms with Gasteiger partial charge in [0.25, 0.3) is 0 Å². The molecule has 0 aliphatic carbocycles. The maximum Gasteiger partial charge on any atom is 0.248 e. The Bertz CT molecular complexity index is 444. The smallest absolute Gasteiger partial charge is 0.248 e. The zero-order chi connectivity index (χ0) is 11.4. The van der Waals surface area contributed by atoms with E-state index in [2.05, 4.69) is 4.98 Å². The quantitative estimate of drug-likeness (QED) is 0.754. The average Bonchev–Trinajstić information content (AvgIpc) is 2.14. The third kappa shape index (κ3) is 3.09. The van der Waals surface area contributed by atoms with Crippen molar-refractivity contribution in [2.24, 2.45) is 0 Å². The van der Waals surface area contributed by atoms with Gasteiger partial charge in [-0.25, -0.2) is 0 Å². The molecule has 0 saturated heterocycles. The fourth-order valence-electron chi connectivity index (χ4n) is 1.15. The monoisotopic (exact) mass is 206 g/mol. The number of carbonyl (C=O) groups is 1. The molecule has 0 bridgehead atoms. The van der Waals surface area contributed by atoms with E-state index in [1.165, 1.54) is 19.1 Å². The summed E-state index contributed by atoms with van der Waals surface area (Å²) in [6.07, 6.45) is 3.48. The van der Waals surface area contributed by atoms with E-state index in [0.717, 1.165) is 0 Å². The number of pyridine rings is 1. The number of carbonyl (C=O) groups excluding carboxylic acids is 1. The van der Waals surface area contributed by atoms with Crippen LogP contribution in [-0.4, -0.2) is 29.8 Å². The van der Waals surface area contributed by atoms with Crippen molar-refractivity contribution in [2.75, 3.05) is 14.1 Å². The fraction of sp³-hybridized carbons (Fsp3) is 0.273. The molecule has 1 aromatic rings. The Labute approximate surface area is 88.2 Å². The van der Waals surface area contributed by atoms with Crippen molar-refractivity contribution in [3.63, 3.8) is 0 Å². The molecular weight excluding hydrogens is 192 g/mol. The van der Waals surface area contributed by atoms with Gasteiger partial charge in [0.2, 0.25) is 5.56 Å². The summed E-state index contributed by atoms with van der Waals surface area (Å²) in [6.45, 7) is 1.47. The van der Waals surface area contributed by atoms with Crippen molar-refractivity contribution in [1.82, 2.24) is 9.88 Å². The fourth-order valence-corrected chi connectivity index (χ4v) is 1.15. The number of nitrogens with zero attached hydrogens (tertiary/aromatic N) is 1. The Kier molecular flexibility index (Phi) is 3.44. The molecule has 0 aromatic carbocycles. The van der Waals surface area contributed by atoms with Crippen LogP contribution >= 0.6 is 0 Å². The van der Waals surface area contributed by atoms with E-state index in [1.54, 1.807) is 12.3 Å². The molecule has 0 radical (unpaired) electrons. The van der Waals surface area contributed by atoms with Gasteiger partial charge in [0.15, 0.2) is 5.78 Å². The SMILES string of the molecule is CC(=O)c1ccc(=O)[nH]c1/C=C/N(C)C. The van der Waals surface area contributed by atoms with Crippen LogP contribution in [0, 0.1) is 0 Å². The molecule has 0 aliphatic heterocycles. The standard InChI is InChI=1S/C11H14N2O2/c1-8(14)9-4-5-11(15)12-10(9)6-7-13(2)3/h4-7H,1-3H3,(H,12,15)/b7-6+. The van der Waals surface area contributed by atoms with Crippen LogP contribution in [0.25, 0.3) is 6.08 Å². The van der Waals surface area contributed by atoms with E-state index in [-0.39, 0.29) is 11.3 Å². The number of rotatable bonds is 3. The molecule has 0 spiro atoms. The zero-order valence-corrected chi connectivity index (χ0v) is 9.07. The number of hydrogen-bond acceptors (Lipinski definition) is 3. The maximum absolute atomic E-state index is 11.3. The van der Waals surface area contributed by atoms with Gasteiger partial charge in [-0.05, 0) is 19.1 Å². The minimum atomic E-state index is -0.210. The molecule has 1 N–H and O–H groups in total. The average molecular weight is 206 g/mol. The van der Waals surface area contributed by atoms with Gasteiger partial charge >= 0.3 is 0 Å². The predicted octanol–water partition coefficient (Wildman–Crippen LogP) is 1.11. The maximum atomic E-state index is 11.3. The Morgan fingerprint density at radius 3 is 2.60 bits per heavy atom. The summed E-state index contributed by atoms with van der Waals surface area (Å²) < 4.78 is 0. The molecule has 0 amide bonds. The highest BCUT2D eigenvalue weighted by Crippen LogP contribution is 2.06. The summed E-state index contributed by atoms with van der Waals surface area (Å²) in [6, 6.07) is 2.89. The number of hydrogen-bond donors (Lipinski definition) is 1. The number of ketones is 1. The number of Topliss-reactive ketones (excluding diaryl/α,β-unsaturated/α-hetero) is 1. The summed E-state index contributed by atoms with van der Waals surface area (Å²) >= 11 is 0. The van der Waals surface area contributed by atoms with Crippen LogP contribution < -0.4 is 5.56 Å². The summed E-state index contributed by atoms with van der Waals surface area (Å²) in [5.74, 6) is -0.0651. The first kappa shape index (κ1) is 11.2. The van der Waals surface area contributed by atoms with E-state index < -0.39 is 0 Å². The molecule has 80 valence electrons. The lowest BCUT2D eigenvalue weighted by molar-refractivity contribution is 0.101. The van der Waals surface area contributed by atoms with Crippen LogP contribution in [0.3, 0.4) is 0 Å². The predicted molar refractivity (Wildman–Crippen MR) is 59.8 cm³/mol. The van der Waals surface area contributed by atoms with Gasteiger partial charge < -0.3 is 9.88 Å². The van der Waals surface area contributed by atoms with Crippen molar-refractivity contribution in [1.29, 1.82) is 0 Å². The molecule has 1 heterocycles. The third-order valence-corrected chi connectivity index (χ3v) is 1.87. The van der Waals surface area contributed by atoms with E-state index >= 15 is 0 Å². The normalized spacial score (nSPS) is 10.6. The number of H-pyrrole nitrogens is 1. The van der Waals surface area contributed by atoms with E-state index in [4.69, 9.17) is 0 Å². The summed E-state index contributed by atoms with van der Waals surface area (Å²) in [5.41, 5.74) is 0.856. The highest BCUT2D eigenvalue weighted by atomic mass is 16.1. The van der Waals surface area contributed by atoms with Crippen molar-refractivity contribution in [3.8, 4) is 0 Å². The lowest BCUT2D eigenvalue weighted by atomic mass is 10.1. The third-order valence-electron chi connectivity index (χ3n) is 1.87. The van der Waals surface area contributed by atoms with Crippen LogP contribution in [0.15, 0.2) is 23.1 Å². The van der Waals surface area contributed by atoms with Gasteiger partial charge in [-0.3, -0.25) is 9.59 Å². The minimum Gasteiger partial charge on any atom is -0.383 e. The van der Waals surface area contributed by atoms with Gasteiger partial charge in [-0.1, -0.05) is 0 Å². The molecule has 0 saturated carbocycles. The highest BCUT2D eigenvalue weighted by Gasteiger charge is 2.04. The Balaban J connectivity index is 3.19. The van der Waals surface area contributed by atoms with Gasteiger partial charge in [0.1, 0.15) is 0 Å². The van der Waals surface area contributed by atoms with Crippen molar-refractivity contribution < 1.29 is 4.79 Å². The lowest BCUT2D eigenvalue weighted by Crippen LogP contribution is -2.10. The van der Waals surface area contributed by atoms with Crippen LogP contribution in [0.4, 0.5) is 0 Å². The molecule has 4 nitrogen and oxygen atoms in total. The van der Waals surface area contributed by atoms with Crippen LogP contribution in [0.5, 0.6) is 0 Å². The first-order chi connectivity index (χ1) is 7.00. The highest BCUT2D eigenvalue weighted by molar-refractivity contribution is 5.96. The van der Waals surface area contributed by atoms with Crippen LogP contribution in [0.1, 0.15) is 23.0 Å². The van der Waals surface area contributed by atoms with Gasteiger partial charge in [-0.15, -0.1) is 0 Å². The van der Waals surface area contributed by atoms with Crippen LogP contribution in [0.2, 0.25) is 0 Å². The molecule has 4 heteroatoms. The van der Waals surface area contributed by atoms with Crippen molar-refractivity contribution >= 4 is 11.9 Å². The number of nitrogens with one attached hydrogen (secondary N) is 1.